The molecule has 0 aromatic carbocycles. The van der Waals surface area contributed by atoms with Crippen LogP contribution in [0, 0.1) is 6.92 Å². The summed E-state index contributed by atoms with van der Waals surface area (Å²) in [6.45, 7) is 1.89. The Labute approximate surface area is 80.5 Å². The van der Waals surface area contributed by atoms with Crippen LogP contribution >= 0.6 is 0 Å². The molecular formula is C9H10N4O. The summed E-state index contributed by atoms with van der Waals surface area (Å²) in [6.07, 6.45) is 3.58. The Morgan fingerprint density at radius 1 is 1.64 bits per heavy atom. The van der Waals surface area contributed by atoms with E-state index in [4.69, 9.17) is 10.9 Å². The molecule has 2 rings (SSSR count). The van der Waals surface area contributed by atoms with Gasteiger partial charge in [0.2, 0.25) is 0 Å². The molecule has 0 saturated carbocycles. The third kappa shape index (κ3) is 1.10. The van der Waals surface area contributed by atoms with E-state index in [1.165, 1.54) is 0 Å². The maximum absolute atomic E-state index is 8.59. The second-order valence-corrected chi connectivity index (χ2v) is 2.97. The number of imidazole rings is 1. The molecule has 0 spiro atoms. The van der Waals surface area contributed by atoms with Crippen LogP contribution in [0.4, 0.5) is 0 Å². The van der Waals surface area contributed by atoms with E-state index in [-0.39, 0.29) is 5.84 Å². The summed E-state index contributed by atoms with van der Waals surface area (Å²) < 4.78 is 1.88. The van der Waals surface area contributed by atoms with Gasteiger partial charge in [-0.2, -0.15) is 0 Å². The molecule has 3 N–H and O–H groups in total. The summed E-state index contributed by atoms with van der Waals surface area (Å²) in [5.41, 5.74) is 7.04. The smallest absolute Gasteiger partial charge is 0.172 e. The molecule has 5 heteroatoms. The Balaban J connectivity index is 2.78. The van der Waals surface area contributed by atoms with Crippen LogP contribution in [0.3, 0.4) is 0 Å². The van der Waals surface area contributed by atoms with Gasteiger partial charge in [0.1, 0.15) is 5.82 Å². The molecule has 0 aliphatic heterocycles. The van der Waals surface area contributed by atoms with Crippen molar-refractivity contribution in [2.75, 3.05) is 0 Å². The minimum atomic E-state index is 0.0931. The van der Waals surface area contributed by atoms with Gasteiger partial charge in [-0.1, -0.05) is 5.16 Å². The average Bonchev–Trinajstić information content (AvgIpc) is 2.59. The molecule has 0 unspecified atom stereocenters. The van der Waals surface area contributed by atoms with Gasteiger partial charge < -0.3 is 15.3 Å². The van der Waals surface area contributed by atoms with Crippen molar-refractivity contribution in [3.8, 4) is 0 Å². The van der Waals surface area contributed by atoms with Crippen LogP contribution in [0.15, 0.2) is 29.7 Å². The zero-order chi connectivity index (χ0) is 10.1. The van der Waals surface area contributed by atoms with Gasteiger partial charge in [0.25, 0.3) is 0 Å². The maximum atomic E-state index is 8.59. The molecule has 2 aromatic heterocycles. The first-order valence-corrected chi connectivity index (χ1v) is 4.14. The van der Waals surface area contributed by atoms with E-state index in [9.17, 15) is 0 Å². The molecule has 14 heavy (non-hydrogen) atoms. The number of fused-ring (bicyclic) bond motifs is 1. The van der Waals surface area contributed by atoms with Crippen molar-refractivity contribution in [1.82, 2.24) is 9.38 Å². The van der Waals surface area contributed by atoms with Crippen molar-refractivity contribution >= 4 is 11.4 Å². The third-order valence-corrected chi connectivity index (χ3v) is 2.14. The van der Waals surface area contributed by atoms with Gasteiger partial charge in [0.05, 0.1) is 11.7 Å². The summed E-state index contributed by atoms with van der Waals surface area (Å²) >= 11 is 0. The lowest BCUT2D eigenvalue weighted by molar-refractivity contribution is 0.318. The van der Waals surface area contributed by atoms with Crippen molar-refractivity contribution < 1.29 is 5.21 Å². The largest absolute Gasteiger partial charge is 0.409 e. The quantitative estimate of drug-likeness (QED) is 0.301. The molecule has 0 saturated heterocycles. The predicted molar refractivity (Wildman–Crippen MR) is 52.4 cm³/mol. The maximum Gasteiger partial charge on any atom is 0.172 e. The van der Waals surface area contributed by atoms with Gasteiger partial charge in [-0.25, -0.2) is 4.98 Å². The molecule has 0 aliphatic rings. The van der Waals surface area contributed by atoms with Crippen LogP contribution in [0.25, 0.3) is 5.52 Å². The van der Waals surface area contributed by atoms with E-state index >= 15 is 0 Å². The molecule has 72 valence electrons. The Kier molecular flexibility index (Phi) is 1.85. The van der Waals surface area contributed by atoms with Crippen molar-refractivity contribution in [2.24, 2.45) is 10.9 Å². The topological polar surface area (TPSA) is 75.9 Å². The minimum absolute atomic E-state index is 0.0931. The Morgan fingerprint density at radius 3 is 3.14 bits per heavy atom. The highest BCUT2D eigenvalue weighted by molar-refractivity contribution is 6.02. The molecule has 0 radical (unpaired) electrons. The highest BCUT2D eigenvalue weighted by Gasteiger charge is 2.07. The lowest BCUT2D eigenvalue weighted by Gasteiger charge is -2.01. The first-order chi connectivity index (χ1) is 6.74. The van der Waals surface area contributed by atoms with Gasteiger partial charge >= 0.3 is 0 Å². The normalized spacial score (nSPS) is 12.2. The molecule has 2 heterocycles. The van der Waals surface area contributed by atoms with Gasteiger partial charge in [-0.05, 0) is 19.1 Å². The van der Waals surface area contributed by atoms with E-state index in [2.05, 4.69) is 10.1 Å². The first-order valence-electron chi connectivity index (χ1n) is 4.14. The fourth-order valence-corrected chi connectivity index (χ4v) is 1.42. The summed E-state index contributed by atoms with van der Waals surface area (Å²) in [5, 5.41) is 11.6. The van der Waals surface area contributed by atoms with E-state index < -0.39 is 0 Å². The van der Waals surface area contributed by atoms with E-state index in [0.717, 1.165) is 11.3 Å². The van der Waals surface area contributed by atoms with Crippen LogP contribution < -0.4 is 5.73 Å². The number of aromatic nitrogens is 2. The number of nitrogens with zero attached hydrogens (tertiary/aromatic N) is 3. The molecule has 0 fully saturated rings. The Bertz CT molecular complexity index is 500. The van der Waals surface area contributed by atoms with Crippen LogP contribution in [0.1, 0.15) is 11.4 Å². The number of aryl methyl sites for hydroxylation is 1. The Hall–Kier alpha value is -2.04. The van der Waals surface area contributed by atoms with Gasteiger partial charge in [0.15, 0.2) is 5.84 Å². The number of nitrogens with two attached hydrogens (primary N) is 1. The molecule has 2 aromatic rings. The molecule has 0 atom stereocenters. The Morgan fingerprint density at radius 2 is 2.43 bits per heavy atom. The first kappa shape index (κ1) is 8.55. The fourth-order valence-electron chi connectivity index (χ4n) is 1.42. The third-order valence-electron chi connectivity index (χ3n) is 2.14. The molecule has 0 aliphatic carbocycles. The molecule has 0 amide bonds. The molecular weight excluding hydrogens is 180 g/mol. The fraction of sp³-hybridized carbons (Fsp3) is 0.111. The van der Waals surface area contributed by atoms with Crippen molar-refractivity contribution in [3.63, 3.8) is 0 Å². The minimum Gasteiger partial charge on any atom is -0.409 e. The van der Waals surface area contributed by atoms with E-state index in [0.29, 0.717) is 5.56 Å². The summed E-state index contributed by atoms with van der Waals surface area (Å²) in [7, 11) is 0. The molecule has 0 bridgehead atoms. The highest BCUT2D eigenvalue weighted by atomic mass is 16.4. The van der Waals surface area contributed by atoms with E-state index in [1.807, 2.05) is 23.6 Å². The monoisotopic (exact) mass is 190 g/mol. The second-order valence-electron chi connectivity index (χ2n) is 2.97. The average molecular weight is 190 g/mol. The molecule has 5 nitrogen and oxygen atoms in total. The van der Waals surface area contributed by atoms with Gasteiger partial charge in [-0.15, -0.1) is 0 Å². The van der Waals surface area contributed by atoms with Crippen LogP contribution in [-0.4, -0.2) is 20.4 Å². The highest BCUT2D eigenvalue weighted by Crippen LogP contribution is 2.11. The second kappa shape index (κ2) is 3.02. The van der Waals surface area contributed by atoms with Crippen LogP contribution in [0.2, 0.25) is 0 Å². The zero-order valence-corrected chi connectivity index (χ0v) is 7.68. The number of hydrogen-bond acceptors (Lipinski definition) is 3. The van der Waals surface area contributed by atoms with Crippen LogP contribution in [0.5, 0.6) is 0 Å². The van der Waals surface area contributed by atoms with Crippen molar-refractivity contribution in [3.05, 3.63) is 35.9 Å². The lowest BCUT2D eigenvalue weighted by Crippen LogP contribution is -2.14. The predicted octanol–water partition coefficient (Wildman–Crippen LogP) is 0.737. The van der Waals surface area contributed by atoms with Crippen molar-refractivity contribution in [1.29, 1.82) is 0 Å². The summed E-state index contributed by atoms with van der Waals surface area (Å²) in [6, 6.07) is 3.61. The van der Waals surface area contributed by atoms with E-state index in [1.54, 1.807) is 12.3 Å². The van der Waals surface area contributed by atoms with Crippen molar-refractivity contribution in [2.45, 2.75) is 6.92 Å². The van der Waals surface area contributed by atoms with Gasteiger partial charge in [0, 0.05) is 11.8 Å². The number of rotatable bonds is 1. The number of oxime groups is 1. The zero-order valence-electron chi connectivity index (χ0n) is 7.68. The standard InChI is InChI=1S/C9H10N4O/c1-6-11-5-8-7(9(10)12-14)3-2-4-13(6)8/h2-5,14H,1H3,(H2,10,12). The SMILES string of the molecule is Cc1ncc2c(/C(N)=N\O)cccn12. The van der Waals surface area contributed by atoms with Crippen LogP contribution in [-0.2, 0) is 0 Å². The lowest BCUT2D eigenvalue weighted by atomic mass is 10.2. The number of hydrogen-bond donors (Lipinski definition) is 2. The summed E-state index contributed by atoms with van der Waals surface area (Å²) in [4.78, 5) is 4.14. The number of amidine groups is 1. The summed E-state index contributed by atoms with van der Waals surface area (Å²) in [5.74, 6) is 0.961. The van der Waals surface area contributed by atoms with Gasteiger partial charge in [-0.3, -0.25) is 0 Å². The number of pyridine rings is 1.